The summed E-state index contributed by atoms with van der Waals surface area (Å²) in [6, 6.07) is 8.93. The molecule has 0 aromatic heterocycles. The first-order valence-corrected chi connectivity index (χ1v) is 8.82. The van der Waals surface area contributed by atoms with Gasteiger partial charge in [-0.15, -0.1) is 0 Å². The lowest BCUT2D eigenvalue weighted by molar-refractivity contribution is -0.145. The second kappa shape index (κ2) is 6.87. The second-order valence-electron chi connectivity index (χ2n) is 8.69. The van der Waals surface area contributed by atoms with E-state index in [2.05, 4.69) is 0 Å². The third-order valence-corrected chi connectivity index (χ3v) is 4.06. The Bertz CT molecular complexity index is 703. The molecule has 0 unspecified atom stereocenters. The topological polar surface area (TPSA) is 93.1 Å². The molecule has 1 saturated carbocycles. The van der Waals surface area contributed by atoms with E-state index >= 15 is 0 Å². The first kappa shape index (κ1) is 20.7. The molecule has 0 bridgehead atoms. The van der Waals surface area contributed by atoms with Gasteiger partial charge < -0.3 is 14.6 Å². The van der Waals surface area contributed by atoms with Gasteiger partial charge in [-0.05, 0) is 53.5 Å². The van der Waals surface area contributed by atoms with Crippen molar-refractivity contribution in [3.8, 4) is 0 Å². The molecule has 2 amide bonds. The number of carbonyl (C=O) groups is 3. The van der Waals surface area contributed by atoms with Crippen molar-refractivity contribution in [3.63, 3.8) is 0 Å². The third-order valence-electron chi connectivity index (χ3n) is 4.06. The lowest BCUT2D eigenvalue weighted by Crippen LogP contribution is -2.54. The van der Waals surface area contributed by atoms with Crippen LogP contribution in [0.25, 0.3) is 0 Å². The molecule has 1 N–H and O–H groups in total. The summed E-state index contributed by atoms with van der Waals surface area (Å²) in [5.41, 5.74) is -2.79. The lowest BCUT2D eigenvalue weighted by atomic mass is 10.1. The molecule has 0 spiro atoms. The number of rotatable bonds is 3. The van der Waals surface area contributed by atoms with E-state index in [4.69, 9.17) is 9.47 Å². The zero-order valence-corrected chi connectivity index (χ0v) is 16.6. The highest BCUT2D eigenvalue weighted by Crippen LogP contribution is 2.56. The summed E-state index contributed by atoms with van der Waals surface area (Å²) >= 11 is 0. The van der Waals surface area contributed by atoms with Gasteiger partial charge in [-0.2, -0.15) is 4.90 Å². The van der Waals surface area contributed by atoms with Gasteiger partial charge in [-0.25, -0.2) is 14.4 Å². The van der Waals surface area contributed by atoms with Crippen molar-refractivity contribution in [1.29, 1.82) is 0 Å². The molecule has 2 atom stereocenters. The normalized spacial score (nSPS) is 21.9. The minimum absolute atomic E-state index is 0.102. The Hall–Kier alpha value is -2.57. The summed E-state index contributed by atoms with van der Waals surface area (Å²) in [7, 11) is 0. The quantitative estimate of drug-likeness (QED) is 0.850. The highest BCUT2D eigenvalue weighted by molar-refractivity contribution is 5.99. The number of benzene rings is 1. The number of hydrogen-bond donors (Lipinski definition) is 1. The molecule has 0 heterocycles. The van der Waals surface area contributed by atoms with Gasteiger partial charge in [0.1, 0.15) is 11.2 Å². The zero-order valence-electron chi connectivity index (χ0n) is 16.6. The number of aliphatic carboxylic acids is 1. The van der Waals surface area contributed by atoms with E-state index in [-0.39, 0.29) is 6.42 Å². The van der Waals surface area contributed by atoms with E-state index < -0.39 is 40.8 Å². The van der Waals surface area contributed by atoms with Gasteiger partial charge in [0.05, 0.1) is 0 Å². The smallest absolute Gasteiger partial charge is 0.420 e. The van der Waals surface area contributed by atoms with Crippen LogP contribution in [-0.4, -0.2) is 44.9 Å². The van der Waals surface area contributed by atoms with Crippen molar-refractivity contribution in [2.75, 3.05) is 0 Å². The molecule has 0 saturated heterocycles. The van der Waals surface area contributed by atoms with E-state index in [1.165, 1.54) is 0 Å². The molecular formula is C20H27NO6. The Morgan fingerprint density at radius 2 is 1.41 bits per heavy atom. The Kier molecular flexibility index (Phi) is 5.27. The van der Waals surface area contributed by atoms with Gasteiger partial charge in [0.15, 0.2) is 5.54 Å². The number of imide groups is 1. The standard InChI is InChI=1S/C20H27NO6/c1-18(2,3)26-16(24)21(17(25)27-19(4,5)6)20(15(22)23)12-14(20)13-10-8-7-9-11-13/h7-11,14H,12H2,1-6H3,(H,22,23)/t14-,20-/m1/s1. The molecule has 1 aliphatic carbocycles. The SMILES string of the molecule is CC(C)(C)OC(=O)N(C(=O)OC(C)(C)C)[C@]1(C(=O)O)C[C@@H]1c1ccccc1. The molecule has 0 aliphatic heterocycles. The number of hydrogen-bond acceptors (Lipinski definition) is 5. The predicted octanol–water partition coefficient (Wildman–Crippen LogP) is 4.17. The van der Waals surface area contributed by atoms with Gasteiger partial charge in [-0.3, -0.25) is 0 Å². The van der Waals surface area contributed by atoms with Crippen LogP contribution in [0, 0.1) is 0 Å². The summed E-state index contributed by atoms with van der Waals surface area (Å²) < 4.78 is 10.6. The van der Waals surface area contributed by atoms with Gasteiger partial charge >= 0.3 is 18.2 Å². The summed E-state index contributed by atoms with van der Waals surface area (Å²) in [4.78, 5) is 38.4. The monoisotopic (exact) mass is 377 g/mol. The van der Waals surface area contributed by atoms with Crippen molar-refractivity contribution in [3.05, 3.63) is 35.9 Å². The molecule has 7 nitrogen and oxygen atoms in total. The van der Waals surface area contributed by atoms with Crippen LogP contribution in [-0.2, 0) is 14.3 Å². The Morgan fingerprint density at radius 1 is 0.963 bits per heavy atom. The molecule has 148 valence electrons. The molecule has 1 aromatic rings. The van der Waals surface area contributed by atoms with Crippen LogP contribution in [0.3, 0.4) is 0 Å². The minimum atomic E-state index is -1.73. The maximum absolute atomic E-state index is 12.8. The lowest BCUT2D eigenvalue weighted by Gasteiger charge is -2.32. The van der Waals surface area contributed by atoms with E-state index in [0.29, 0.717) is 4.90 Å². The number of amides is 2. The number of carboxylic acid groups (broad SMARTS) is 1. The summed E-state index contributed by atoms with van der Waals surface area (Å²) in [6.45, 7) is 9.88. The first-order chi connectivity index (χ1) is 12.3. The number of nitrogens with zero attached hydrogens (tertiary/aromatic N) is 1. The van der Waals surface area contributed by atoms with Crippen molar-refractivity contribution in [1.82, 2.24) is 4.90 Å². The van der Waals surface area contributed by atoms with Crippen LogP contribution in [0.2, 0.25) is 0 Å². The van der Waals surface area contributed by atoms with E-state index in [1.807, 2.05) is 6.07 Å². The fourth-order valence-electron chi connectivity index (χ4n) is 2.93. The highest BCUT2D eigenvalue weighted by Gasteiger charge is 2.69. The number of ether oxygens (including phenoxy) is 2. The van der Waals surface area contributed by atoms with Crippen LogP contribution in [0.4, 0.5) is 9.59 Å². The van der Waals surface area contributed by atoms with Gasteiger partial charge in [0.2, 0.25) is 0 Å². The average molecular weight is 377 g/mol. The van der Waals surface area contributed by atoms with Crippen LogP contribution >= 0.6 is 0 Å². The van der Waals surface area contributed by atoms with Crippen LogP contribution in [0.5, 0.6) is 0 Å². The largest absolute Gasteiger partial charge is 0.479 e. The third kappa shape index (κ3) is 4.59. The van der Waals surface area contributed by atoms with E-state index in [9.17, 15) is 19.5 Å². The second-order valence-corrected chi connectivity index (χ2v) is 8.69. The molecule has 1 aromatic carbocycles. The van der Waals surface area contributed by atoms with Crippen LogP contribution in [0.15, 0.2) is 30.3 Å². The molecule has 27 heavy (non-hydrogen) atoms. The fraction of sp³-hybridized carbons (Fsp3) is 0.550. The van der Waals surface area contributed by atoms with Gasteiger partial charge in [0, 0.05) is 5.92 Å². The van der Waals surface area contributed by atoms with E-state index in [0.717, 1.165) is 5.56 Å². The number of carbonyl (C=O) groups excluding carboxylic acids is 2. The van der Waals surface area contributed by atoms with Gasteiger partial charge in [-0.1, -0.05) is 30.3 Å². The van der Waals surface area contributed by atoms with Crippen molar-refractivity contribution >= 4 is 18.2 Å². The Labute approximate surface area is 159 Å². The molecule has 0 radical (unpaired) electrons. The van der Waals surface area contributed by atoms with Crippen LogP contribution < -0.4 is 0 Å². The predicted molar refractivity (Wildman–Crippen MR) is 98.5 cm³/mol. The van der Waals surface area contributed by atoms with Gasteiger partial charge in [0.25, 0.3) is 0 Å². The van der Waals surface area contributed by atoms with E-state index in [1.54, 1.807) is 65.8 Å². The summed E-state index contributed by atoms with van der Waals surface area (Å²) in [5.74, 6) is -1.80. The fourth-order valence-corrected chi connectivity index (χ4v) is 2.93. The first-order valence-electron chi connectivity index (χ1n) is 8.82. The minimum Gasteiger partial charge on any atom is -0.479 e. The maximum atomic E-state index is 12.8. The maximum Gasteiger partial charge on any atom is 0.420 e. The molecule has 2 rings (SSSR count). The summed E-state index contributed by atoms with van der Waals surface area (Å²) in [5, 5.41) is 9.94. The van der Waals surface area contributed by atoms with Crippen LogP contribution in [0.1, 0.15) is 59.4 Å². The number of carboxylic acids is 1. The molecule has 1 aliphatic rings. The highest BCUT2D eigenvalue weighted by atomic mass is 16.6. The molecular weight excluding hydrogens is 350 g/mol. The van der Waals surface area contributed by atoms with Crippen molar-refractivity contribution in [2.24, 2.45) is 0 Å². The molecule has 7 heteroatoms. The Morgan fingerprint density at radius 3 is 1.78 bits per heavy atom. The average Bonchev–Trinajstić information content (AvgIpc) is 3.21. The molecule has 1 fully saturated rings. The zero-order chi connectivity index (χ0) is 20.6. The van der Waals surface area contributed by atoms with Crippen molar-refractivity contribution in [2.45, 2.75) is 70.6 Å². The van der Waals surface area contributed by atoms with Crippen molar-refractivity contribution < 1.29 is 29.0 Å². The summed E-state index contributed by atoms with van der Waals surface area (Å²) in [6.07, 6.45) is -1.96. The Balaban J connectivity index is 2.45.